The van der Waals surface area contributed by atoms with Crippen LogP contribution >= 0.6 is 0 Å². The topological polar surface area (TPSA) is 32.3 Å². The molecule has 0 spiro atoms. The fourth-order valence-corrected chi connectivity index (χ4v) is 2.65. The lowest BCUT2D eigenvalue weighted by Gasteiger charge is -2.33. The summed E-state index contributed by atoms with van der Waals surface area (Å²) in [4.78, 5) is 14.1. The predicted octanol–water partition coefficient (Wildman–Crippen LogP) is 2.50. The van der Waals surface area contributed by atoms with Crippen LogP contribution in [0.3, 0.4) is 0 Å². The number of hydrogen-bond acceptors (Lipinski definition) is 2. The van der Waals surface area contributed by atoms with E-state index in [4.69, 9.17) is 0 Å². The number of benzene rings is 1. The van der Waals surface area contributed by atoms with E-state index in [9.17, 15) is 13.6 Å². The van der Waals surface area contributed by atoms with Crippen molar-refractivity contribution >= 4 is 5.91 Å². The Labute approximate surface area is 124 Å². The summed E-state index contributed by atoms with van der Waals surface area (Å²) in [5, 5.41) is 3.43. The summed E-state index contributed by atoms with van der Waals surface area (Å²) in [6.45, 7) is 4.51. The summed E-state index contributed by atoms with van der Waals surface area (Å²) in [7, 11) is 0. The Hall–Kier alpha value is -1.49. The summed E-state index contributed by atoms with van der Waals surface area (Å²) in [5.41, 5.74) is 0.516. The molecule has 1 aromatic carbocycles. The Morgan fingerprint density at radius 1 is 1.38 bits per heavy atom. The number of carbonyl (C=O) groups is 1. The van der Waals surface area contributed by atoms with Crippen LogP contribution in [0, 0.1) is 11.6 Å². The van der Waals surface area contributed by atoms with Crippen molar-refractivity contribution in [1.82, 2.24) is 10.2 Å². The van der Waals surface area contributed by atoms with Gasteiger partial charge in [0.15, 0.2) is 11.6 Å². The van der Waals surface area contributed by atoms with Crippen LogP contribution in [0.2, 0.25) is 0 Å². The second kappa shape index (κ2) is 7.50. The Balaban J connectivity index is 1.91. The van der Waals surface area contributed by atoms with Crippen molar-refractivity contribution in [3.8, 4) is 0 Å². The highest BCUT2D eigenvalue weighted by atomic mass is 19.2. The second-order valence-electron chi connectivity index (χ2n) is 5.56. The van der Waals surface area contributed by atoms with Crippen molar-refractivity contribution in [2.45, 2.75) is 38.6 Å². The molecule has 2 rings (SSSR count). The van der Waals surface area contributed by atoms with E-state index in [2.05, 4.69) is 12.2 Å². The average Bonchev–Trinajstić information content (AvgIpc) is 2.49. The van der Waals surface area contributed by atoms with Crippen LogP contribution in [-0.4, -0.2) is 36.5 Å². The first-order chi connectivity index (χ1) is 10.1. The number of nitrogens with zero attached hydrogens (tertiary/aromatic N) is 1. The molecule has 0 aliphatic carbocycles. The summed E-state index contributed by atoms with van der Waals surface area (Å²) in [5.74, 6) is -1.81. The first-order valence-electron chi connectivity index (χ1n) is 7.55. The van der Waals surface area contributed by atoms with E-state index in [0.29, 0.717) is 18.2 Å². The molecule has 1 unspecified atom stereocenters. The molecule has 0 radical (unpaired) electrons. The molecule has 1 heterocycles. The van der Waals surface area contributed by atoms with Crippen molar-refractivity contribution in [2.75, 3.05) is 19.6 Å². The van der Waals surface area contributed by atoms with E-state index in [-0.39, 0.29) is 12.3 Å². The first-order valence-corrected chi connectivity index (χ1v) is 7.55. The highest BCUT2D eigenvalue weighted by Crippen LogP contribution is 2.14. The molecular weight excluding hydrogens is 274 g/mol. The van der Waals surface area contributed by atoms with E-state index in [0.717, 1.165) is 44.5 Å². The van der Waals surface area contributed by atoms with E-state index in [1.54, 1.807) is 0 Å². The van der Waals surface area contributed by atoms with Gasteiger partial charge in [0.1, 0.15) is 0 Å². The lowest BCUT2D eigenvalue weighted by Crippen LogP contribution is -2.48. The molecule has 21 heavy (non-hydrogen) atoms. The van der Waals surface area contributed by atoms with Crippen LogP contribution in [0.1, 0.15) is 31.7 Å². The van der Waals surface area contributed by atoms with Crippen LogP contribution in [0.5, 0.6) is 0 Å². The molecule has 0 aromatic heterocycles. The van der Waals surface area contributed by atoms with Crippen molar-refractivity contribution < 1.29 is 13.6 Å². The fraction of sp³-hybridized carbons (Fsp3) is 0.562. The van der Waals surface area contributed by atoms with Gasteiger partial charge in [-0.25, -0.2) is 8.78 Å². The predicted molar refractivity (Wildman–Crippen MR) is 78.0 cm³/mol. The molecule has 116 valence electrons. The SMILES string of the molecule is CCCNC1CCCN(C(=O)Cc2ccc(F)c(F)c2)C1. The van der Waals surface area contributed by atoms with Crippen LogP contribution in [0.15, 0.2) is 18.2 Å². The van der Waals surface area contributed by atoms with Gasteiger partial charge in [-0.05, 0) is 43.5 Å². The first kappa shape index (κ1) is 15.9. The zero-order chi connectivity index (χ0) is 15.2. The number of carbonyl (C=O) groups excluding carboxylic acids is 1. The summed E-state index contributed by atoms with van der Waals surface area (Å²) < 4.78 is 26.0. The summed E-state index contributed by atoms with van der Waals surface area (Å²) >= 11 is 0. The number of likely N-dealkylation sites (tertiary alicyclic amines) is 1. The molecule has 3 nitrogen and oxygen atoms in total. The normalized spacial score (nSPS) is 18.8. The lowest BCUT2D eigenvalue weighted by molar-refractivity contribution is -0.131. The van der Waals surface area contributed by atoms with Gasteiger partial charge < -0.3 is 10.2 Å². The standard InChI is InChI=1S/C16H22F2N2O/c1-2-7-19-13-4-3-8-20(11-13)16(21)10-12-5-6-14(17)15(18)9-12/h5-6,9,13,19H,2-4,7-8,10-11H2,1H3. The highest BCUT2D eigenvalue weighted by molar-refractivity contribution is 5.78. The molecule has 1 aromatic rings. The molecule has 5 heteroatoms. The van der Waals surface area contributed by atoms with Crippen molar-refractivity contribution in [3.63, 3.8) is 0 Å². The third kappa shape index (κ3) is 4.49. The minimum Gasteiger partial charge on any atom is -0.341 e. The van der Waals surface area contributed by atoms with Gasteiger partial charge in [0.05, 0.1) is 6.42 Å². The zero-order valence-electron chi connectivity index (χ0n) is 12.4. The van der Waals surface area contributed by atoms with E-state index in [1.807, 2.05) is 4.90 Å². The molecule has 0 saturated carbocycles. The quantitative estimate of drug-likeness (QED) is 0.905. The maximum atomic E-state index is 13.2. The minimum atomic E-state index is -0.901. The molecule has 1 amide bonds. The molecule has 0 bridgehead atoms. The van der Waals surface area contributed by atoms with Gasteiger partial charge in [-0.3, -0.25) is 4.79 Å². The number of rotatable bonds is 5. The zero-order valence-corrected chi connectivity index (χ0v) is 12.4. The minimum absolute atomic E-state index is 0.0241. The van der Waals surface area contributed by atoms with Gasteiger partial charge in [0, 0.05) is 19.1 Å². The Morgan fingerprint density at radius 2 is 2.19 bits per heavy atom. The number of hydrogen-bond donors (Lipinski definition) is 1. The molecule has 1 saturated heterocycles. The molecule has 1 atom stereocenters. The number of amides is 1. The van der Waals surface area contributed by atoms with E-state index >= 15 is 0 Å². The molecule has 1 aliphatic rings. The second-order valence-corrected chi connectivity index (χ2v) is 5.56. The van der Waals surface area contributed by atoms with Crippen LogP contribution in [-0.2, 0) is 11.2 Å². The smallest absolute Gasteiger partial charge is 0.227 e. The van der Waals surface area contributed by atoms with E-state index < -0.39 is 11.6 Å². The summed E-state index contributed by atoms with van der Waals surface area (Å²) in [6.07, 6.45) is 3.25. The molecule has 1 aliphatic heterocycles. The van der Waals surface area contributed by atoms with Crippen molar-refractivity contribution in [1.29, 1.82) is 0 Å². The molecule has 1 fully saturated rings. The van der Waals surface area contributed by atoms with Gasteiger partial charge >= 0.3 is 0 Å². The fourth-order valence-electron chi connectivity index (χ4n) is 2.65. The van der Waals surface area contributed by atoms with Crippen molar-refractivity contribution in [2.24, 2.45) is 0 Å². The van der Waals surface area contributed by atoms with Crippen molar-refractivity contribution in [3.05, 3.63) is 35.4 Å². The number of nitrogens with one attached hydrogen (secondary N) is 1. The monoisotopic (exact) mass is 296 g/mol. The molecule has 1 N–H and O–H groups in total. The largest absolute Gasteiger partial charge is 0.341 e. The third-order valence-electron chi connectivity index (χ3n) is 3.80. The van der Waals surface area contributed by atoms with Gasteiger partial charge in [-0.15, -0.1) is 0 Å². The Morgan fingerprint density at radius 3 is 2.90 bits per heavy atom. The van der Waals surface area contributed by atoms with Gasteiger partial charge in [-0.1, -0.05) is 13.0 Å². The maximum absolute atomic E-state index is 13.2. The van der Waals surface area contributed by atoms with E-state index in [1.165, 1.54) is 6.07 Å². The molecular formula is C16H22F2N2O. The van der Waals surface area contributed by atoms with Gasteiger partial charge in [0.2, 0.25) is 5.91 Å². The van der Waals surface area contributed by atoms with Crippen LogP contribution < -0.4 is 5.32 Å². The number of halogens is 2. The third-order valence-corrected chi connectivity index (χ3v) is 3.80. The summed E-state index contributed by atoms with van der Waals surface area (Å²) in [6, 6.07) is 3.98. The Bertz CT molecular complexity index is 493. The Kier molecular flexibility index (Phi) is 5.67. The highest BCUT2D eigenvalue weighted by Gasteiger charge is 2.23. The maximum Gasteiger partial charge on any atom is 0.227 e. The lowest BCUT2D eigenvalue weighted by atomic mass is 10.0. The van der Waals surface area contributed by atoms with Gasteiger partial charge in [0.25, 0.3) is 0 Å². The van der Waals surface area contributed by atoms with Crippen LogP contribution in [0.4, 0.5) is 8.78 Å². The number of piperidine rings is 1. The van der Waals surface area contributed by atoms with Crippen LogP contribution in [0.25, 0.3) is 0 Å². The van der Waals surface area contributed by atoms with Gasteiger partial charge in [-0.2, -0.15) is 0 Å². The average molecular weight is 296 g/mol.